The van der Waals surface area contributed by atoms with Gasteiger partial charge in [-0.15, -0.1) is 12.3 Å². The Balaban J connectivity index is 2.84. The molecule has 0 bridgehead atoms. The number of rotatable bonds is 10. The second-order valence-electron chi connectivity index (χ2n) is 4.90. The van der Waals surface area contributed by atoms with Crippen molar-refractivity contribution >= 4 is 15.9 Å². The summed E-state index contributed by atoms with van der Waals surface area (Å²) in [4.78, 5) is 12.2. The lowest BCUT2D eigenvalue weighted by atomic mass is 10.2. The fourth-order valence-corrected chi connectivity index (χ4v) is 3.08. The lowest BCUT2D eigenvalue weighted by Crippen LogP contribution is -2.48. The maximum atomic E-state index is 12.4. The molecule has 138 valence electrons. The molecule has 1 atom stereocenters. The summed E-state index contributed by atoms with van der Waals surface area (Å²) in [5, 5.41) is 2.53. The van der Waals surface area contributed by atoms with Crippen LogP contribution < -0.4 is 14.8 Å². The molecule has 0 spiro atoms. The van der Waals surface area contributed by atoms with E-state index >= 15 is 0 Å². The van der Waals surface area contributed by atoms with E-state index in [4.69, 9.17) is 20.6 Å². The Bertz CT molecular complexity index is 692. The molecule has 0 aliphatic heterocycles. The van der Waals surface area contributed by atoms with Gasteiger partial charge < -0.3 is 19.5 Å². The summed E-state index contributed by atoms with van der Waals surface area (Å²) in [6, 6.07) is 4.64. The van der Waals surface area contributed by atoms with Crippen LogP contribution in [0.3, 0.4) is 0 Å². The molecular formula is C16H22N2O6S. The van der Waals surface area contributed by atoms with Gasteiger partial charge in [-0.25, -0.2) is 8.42 Å². The van der Waals surface area contributed by atoms with Crippen LogP contribution in [-0.4, -0.2) is 54.5 Å². The lowest BCUT2D eigenvalue weighted by Gasteiger charge is -2.19. The van der Waals surface area contributed by atoms with Crippen molar-refractivity contribution in [2.24, 2.45) is 0 Å². The van der Waals surface area contributed by atoms with Crippen LogP contribution >= 0.6 is 0 Å². The van der Waals surface area contributed by atoms with E-state index in [1.54, 1.807) is 0 Å². The van der Waals surface area contributed by atoms with Crippen LogP contribution in [0.1, 0.15) is 6.42 Å². The SMILES string of the molecule is C#CCC(NS(=O)(=O)c1ccc(OC)cc1)C(=O)NCC(OC)OC. The molecular weight excluding hydrogens is 348 g/mol. The second-order valence-corrected chi connectivity index (χ2v) is 6.62. The Hall–Kier alpha value is -2.12. The molecule has 25 heavy (non-hydrogen) atoms. The van der Waals surface area contributed by atoms with E-state index in [0.717, 1.165) is 0 Å². The van der Waals surface area contributed by atoms with Crippen molar-refractivity contribution in [3.63, 3.8) is 0 Å². The van der Waals surface area contributed by atoms with E-state index in [2.05, 4.69) is 16.0 Å². The number of hydrogen-bond acceptors (Lipinski definition) is 6. The Labute approximate surface area is 147 Å². The average Bonchev–Trinajstić information content (AvgIpc) is 2.62. The van der Waals surface area contributed by atoms with E-state index in [9.17, 15) is 13.2 Å². The summed E-state index contributed by atoms with van der Waals surface area (Å²) in [5.41, 5.74) is 0. The van der Waals surface area contributed by atoms with E-state index < -0.39 is 28.3 Å². The second kappa shape index (κ2) is 10.0. The molecule has 1 aromatic carbocycles. The van der Waals surface area contributed by atoms with Crippen LogP contribution in [0.25, 0.3) is 0 Å². The van der Waals surface area contributed by atoms with Gasteiger partial charge in [-0.3, -0.25) is 4.79 Å². The van der Waals surface area contributed by atoms with Gasteiger partial charge in [-0.05, 0) is 24.3 Å². The summed E-state index contributed by atoms with van der Waals surface area (Å²) in [5.74, 6) is 2.23. The summed E-state index contributed by atoms with van der Waals surface area (Å²) in [7, 11) is 0.393. The molecule has 0 aliphatic carbocycles. The number of nitrogens with one attached hydrogen (secondary N) is 2. The number of carbonyl (C=O) groups is 1. The van der Waals surface area contributed by atoms with Crippen LogP contribution in [0, 0.1) is 12.3 Å². The van der Waals surface area contributed by atoms with Gasteiger partial charge >= 0.3 is 0 Å². The van der Waals surface area contributed by atoms with Crippen molar-refractivity contribution in [3.8, 4) is 18.1 Å². The van der Waals surface area contributed by atoms with Gasteiger partial charge in [0.15, 0.2) is 6.29 Å². The zero-order chi connectivity index (χ0) is 18.9. The fraction of sp³-hybridized carbons (Fsp3) is 0.438. The zero-order valence-corrected chi connectivity index (χ0v) is 15.1. The third-order valence-electron chi connectivity index (χ3n) is 3.27. The molecule has 1 aromatic rings. The van der Waals surface area contributed by atoms with Crippen molar-refractivity contribution in [2.45, 2.75) is 23.6 Å². The maximum absolute atomic E-state index is 12.4. The standard InChI is InChI=1S/C16H22N2O6S/c1-5-6-14(16(19)17-11-15(23-3)24-4)18-25(20,21)13-9-7-12(22-2)8-10-13/h1,7-10,14-15,18H,6,11H2,2-4H3,(H,17,19). The van der Waals surface area contributed by atoms with E-state index in [1.807, 2.05) is 0 Å². The highest BCUT2D eigenvalue weighted by Crippen LogP contribution is 2.16. The lowest BCUT2D eigenvalue weighted by molar-refractivity contribution is -0.128. The topological polar surface area (TPSA) is 103 Å². The van der Waals surface area contributed by atoms with Crippen LogP contribution in [0.2, 0.25) is 0 Å². The predicted octanol–water partition coefficient (Wildman–Crippen LogP) is 0.101. The van der Waals surface area contributed by atoms with Crippen LogP contribution in [-0.2, 0) is 24.3 Å². The van der Waals surface area contributed by atoms with E-state index in [1.165, 1.54) is 45.6 Å². The Morgan fingerprint density at radius 3 is 2.28 bits per heavy atom. The Morgan fingerprint density at radius 2 is 1.80 bits per heavy atom. The van der Waals surface area contributed by atoms with Gasteiger partial charge in [0.25, 0.3) is 0 Å². The van der Waals surface area contributed by atoms with Crippen LogP contribution in [0.15, 0.2) is 29.2 Å². The number of carbonyl (C=O) groups excluding carboxylic acids is 1. The van der Waals surface area contributed by atoms with Crippen LogP contribution in [0.4, 0.5) is 0 Å². The summed E-state index contributed by atoms with van der Waals surface area (Å²) >= 11 is 0. The monoisotopic (exact) mass is 370 g/mol. The number of sulfonamides is 1. The number of methoxy groups -OCH3 is 3. The minimum absolute atomic E-state index is 0.00483. The maximum Gasteiger partial charge on any atom is 0.241 e. The number of amides is 1. The fourth-order valence-electron chi connectivity index (χ4n) is 1.89. The highest BCUT2D eigenvalue weighted by Gasteiger charge is 2.25. The van der Waals surface area contributed by atoms with Gasteiger partial charge in [0.1, 0.15) is 11.8 Å². The van der Waals surface area contributed by atoms with E-state index in [-0.39, 0.29) is 17.9 Å². The van der Waals surface area contributed by atoms with Gasteiger partial charge in [0, 0.05) is 20.6 Å². The van der Waals surface area contributed by atoms with Gasteiger partial charge in [0.2, 0.25) is 15.9 Å². The molecule has 0 saturated heterocycles. The molecule has 2 N–H and O–H groups in total. The smallest absolute Gasteiger partial charge is 0.241 e. The first kappa shape index (κ1) is 20.9. The third-order valence-corrected chi connectivity index (χ3v) is 4.76. The highest BCUT2D eigenvalue weighted by atomic mass is 32.2. The Kier molecular flexibility index (Phi) is 8.37. The summed E-state index contributed by atoms with van der Waals surface area (Å²) in [6.45, 7) is 0.0527. The first-order valence-corrected chi connectivity index (χ1v) is 8.79. The highest BCUT2D eigenvalue weighted by molar-refractivity contribution is 7.89. The molecule has 8 nitrogen and oxygen atoms in total. The minimum atomic E-state index is -3.93. The molecule has 0 saturated carbocycles. The molecule has 1 unspecified atom stereocenters. The third kappa shape index (κ3) is 6.36. The van der Waals surface area contributed by atoms with Crippen molar-refractivity contribution in [1.29, 1.82) is 0 Å². The summed E-state index contributed by atoms with van der Waals surface area (Å²) < 4.78 is 42.0. The molecule has 0 aliphatic rings. The average molecular weight is 370 g/mol. The van der Waals surface area contributed by atoms with E-state index in [0.29, 0.717) is 5.75 Å². The number of hydrogen-bond donors (Lipinski definition) is 2. The van der Waals surface area contributed by atoms with Crippen LogP contribution in [0.5, 0.6) is 5.75 Å². The number of terminal acetylenes is 1. The van der Waals surface area contributed by atoms with Gasteiger partial charge in [-0.1, -0.05) is 0 Å². The molecule has 1 amide bonds. The molecule has 0 heterocycles. The summed E-state index contributed by atoms with van der Waals surface area (Å²) in [6.07, 6.45) is 4.49. The number of ether oxygens (including phenoxy) is 3. The Morgan fingerprint density at radius 1 is 1.20 bits per heavy atom. The normalized spacial score (nSPS) is 12.4. The van der Waals surface area contributed by atoms with Crippen molar-refractivity contribution in [1.82, 2.24) is 10.0 Å². The van der Waals surface area contributed by atoms with Gasteiger partial charge in [-0.2, -0.15) is 4.72 Å². The van der Waals surface area contributed by atoms with Crippen molar-refractivity contribution in [3.05, 3.63) is 24.3 Å². The van der Waals surface area contributed by atoms with Crippen molar-refractivity contribution < 1.29 is 27.4 Å². The molecule has 0 fully saturated rings. The molecule has 1 rings (SSSR count). The molecule has 0 aromatic heterocycles. The largest absolute Gasteiger partial charge is 0.497 e. The van der Waals surface area contributed by atoms with Gasteiger partial charge in [0.05, 0.1) is 18.6 Å². The minimum Gasteiger partial charge on any atom is -0.497 e. The van der Waals surface area contributed by atoms with Crippen molar-refractivity contribution in [2.75, 3.05) is 27.9 Å². The zero-order valence-electron chi connectivity index (χ0n) is 14.3. The molecule has 0 radical (unpaired) electrons. The molecule has 9 heteroatoms. The number of benzene rings is 1. The quantitative estimate of drug-likeness (QED) is 0.447. The predicted molar refractivity (Wildman–Crippen MR) is 91.4 cm³/mol. The first-order chi connectivity index (χ1) is 11.9. The first-order valence-electron chi connectivity index (χ1n) is 7.31.